The lowest BCUT2D eigenvalue weighted by atomic mass is 11.3. The van der Waals surface area contributed by atoms with Crippen molar-refractivity contribution in [1.82, 2.24) is 0 Å². The van der Waals surface area contributed by atoms with Crippen LogP contribution in [0.4, 0.5) is 9.18 Å². The van der Waals surface area contributed by atoms with Crippen molar-refractivity contribution >= 4 is 12.2 Å². The molecule has 0 aromatic carbocycles. The van der Waals surface area contributed by atoms with Gasteiger partial charge < -0.3 is 0 Å². The molecule has 0 bridgehead atoms. The van der Waals surface area contributed by atoms with Crippen LogP contribution in [-0.4, -0.2) is 12.2 Å². The first-order valence-electron chi connectivity index (χ1n) is 1.04. The molecule has 1 amide bonds. The molecule has 3 nitrogen and oxygen atoms in total. The maximum absolute atomic E-state index is 10.6. The Hall–Kier alpha value is -1.02. The van der Waals surface area contributed by atoms with Gasteiger partial charge in [0.05, 0.1) is 0 Å². The summed E-state index contributed by atoms with van der Waals surface area (Å²) in [4.78, 5) is 19.8. The second kappa shape index (κ2) is 2.23. The van der Waals surface area contributed by atoms with Crippen molar-refractivity contribution in [2.45, 2.75) is 0 Å². The highest BCUT2D eigenvalue weighted by atomic mass is 19.1. The normalized spacial score (nSPS) is 6.17. The molecular weight excluding hydrogens is 89.0 g/mol. The summed E-state index contributed by atoms with van der Waals surface area (Å²) < 4.78 is 10.6. The fourth-order valence-corrected chi connectivity index (χ4v) is 0.0359. The molecule has 0 spiro atoms. The van der Waals surface area contributed by atoms with Gasteiger partial charge >= 0.3 is 6.16 Å². The van der Waals surface area contributed by atoms with Crippen LogP contribution < -0.4 is 0 Å². The van der Waals surface area contributed by atoms with Crippen molar-refractivity contribution < 1.29 is 14.0 Å². The van der Waals surface area contributed by atoms with E-state index in [1.807, 2.05) is 4.99 Å². The molecule has 0 heterocycles. The number of halogens is 1. The van der Waals surface area contributed by atoms with Crippen LogP contribution in [-0.2, 0) is 4.79 Å². The number of rotatable bonds is 0. The van der Waals surface area contributed by atoms with E-state index in [9.17, 15) is 4.39 Å². The first kappa shape index (κ1) is 4.98. The molecule has 0 rings (SSSR count). The van der Waals surface area contributed by atoms with Crippen LogP contribution in [0.1, 0.15) is 0 Å². The van der Waals surface area contributed by atoms with Crippen LogP contribution in [0.2, 0.25) is 0 Å². The summed E-state index contributed by atoms with van der Waals surface area (Å²) in [5.41, 5.74) is 0. The molecule has 0 aromatic rings. The third-order valence-electron chi connectivity index (χ3n) is 0.134. The molecule has 0 unspecified atom stereocenters. The Morgan fingerprint density at radius 3 is 2.33 bits per heavy atom. The lowest BCUT2D eigenvalue weighted by Gasteiger charge is -1.55. The largest absolute Gasteiger partial charge is 0.434 e. The van der Waals surface area contributed by atoms with Crippen molar-refractivity contribution in [2.75, 3.05) is 0 Å². The van der Waals surface area contributed by atoms with Gasteiger partial charge in [0.15, 0.2) is 0 Å². The molecule has 0 saturated heterocycles. The number of hydrogen-bond donors (Lipinski definition) is 0. The SMILES string of the molecule is O=C=NC(=O)F. The highest BCUT2D eigenvalue weighted by Crippen LogP contribution is 1.71. The fraction of sp³-hybridized carbons (Fsp3) is 0. The van der Waals surface area contributed by atoms with E-state index in [1.54, 1.807) is 0 Å². The Morgan fingerprint density at radius 1 is 1.83 bits per heavy atom. The highest BCUT2D eigenvalue weighted by molar-refractivity contribution is 5.72. The second-order valence-corrected chi connectivity index (χ2v) is 0.456. The minimum absolute atomic E-state index is 0.718. The molecular formula is C2FNO2. The van der Waals surface area contributed by atoms with Crippen LogP contribution >= 0.6 is 0 Å². The third-order valence-corrected chi connectivity index (χ3v) is 0.134. The van der Waals surface area contributed by atoms with Gasteiger partial charge in [-0.05, 0) is 0 Å². The molecule has 0 atom stereocenters. The molecule has 4 heteroatoms. The average molecular weight is 89.0 g/mol. The molecule has 6 heavy (non-hydrogen) atoms. The fourth-order valence-electron chi connectivity index (χ4n) is 0.0359. The van der Waals surface area contributed by atoms with E-state index in [1.165, 1.54) is 0 Å². The molecule has 0 saturated carbocycles. The van der Waals surface area contributed by atoms with E-state index in [4.69, 9.17) is 9.59 Å². The summed E-state index contributed by atoms with van der Waals surface area (Å²) in [6.07, 6.45) is -1.29. The molecule has 0 aliphatic carbocycles. The second-order valence-electron chi connectivity index (χ2n) is 0.456. The van der Waals surface area contributed by atoms with Crippen LogP contribution in [0.3, 0.4) is 0 Å². The van der Waals surface area contributed by atoms with Crippen LogP contribution in [0.5, 0.6) is 0 Å². The van der Waals surface area contributed by atoms with Gasteiger partial charge in [-0.2, -0.15) is 0 Å². The van der Waals surface area contributed by atoms with Crippen molar-refractivity contribution in [3.8, 4) is 0 Å². The third kappa shape index (κ3) is 2.98. The molecule has 0 fully saturated rings. The Kier molecular flexibility index (Phi) is 1.85. The van der Waals surface area contributed by atoms with E-state index in [0.29, 0.717) is 0 Å². The highest BCUT2D eigenvalue weighted by Gasteiger charge is 1.83. The van der Waals surface area contributed by atoms with Gasteiger partial charge in [-0.25, -0.2) is 9.59 Å². The molecule has 0 N–H and O–H groups in total. The first-order chi connectivity index (χ1) is 2.77. The molecule has 0 radical (unpaired) electrons. The van der Waals surface area contributed by atoms with E-state index in [2.05, 4.69) is 0 Å². The van der Waals surface area contributed by atoms with Crippen molar-refractivity contribution in [1.29, 1.82) is 0 Å². The maximum atomic E-state index is 10.6. The Balaban J connectivity index is 3.60. The summed E-state index contributed by atoms with van der Waals surface area (Å²) in [6.45, 7) is 0. The monoisotopic (exact) mass is 89.0 g/mol. The van der Waals surface area contributed by atoms with Crippen molar-refractivity contribution in [2.24, 2.45) is 4.99 Å². The number of nitrogens with zero attached hydrogens (tertiary/aromatic N) is 1. The lowest BCUT2D eigenvalue weighted by Crippen LogP contribution is -1.69. The standard InChI is InChI=1S/C2FNO2/c3-2(6)4-1-5. The zero-order valence-electron chi connectivity index (χ0n) is 2.64. The average Bonchev–Trinajstić information content (AvgIpc) is 1.35. The van der Waals surface area contributed by atoms with E-state index >= 15 is 0 Å². The predicted octanol–water partition coefficient (Wildman–Crippen LogP) is 0.412. The van der Waals surface area contributed by atoms with Gasteiger partial charge in [0.2, 0.25) is 6.08 Å². The minimum Gasteiger partial charge on any atom is -0.231 e. The van der Waals surface area contributed by atoms with Gasteiger partial charge in [-0.3, -0.25) is 0 Å². The van der Waals surface area contributed by atoms with E-state index in [-0.39, 0.29) is 0 Å². The summed E-state index contributed by atoms with van der Waals surface area (Å²) in [7, 11) is 0. The molecule has 0 aliphatic heterocycles. The summed E-state index contributed by atoms with van der Waals surface area (Å²) in [5, 5.41) is 0. The van der Waals surface area contributed by atoms with Crippen molar-refractivity contribution in [3.05, 3.63) is 0 Å². The van der Waals surface area contributed by atoms with Gasteiger partial charge in [0.1, 0.15) is 0 Å². The Bertz CT molecular complexity index is 104. The molecule has 0 aromatic heterocycles. The molecule has 32 valence electrons. The van der Waals surface area contributed by atoms with Gasteiger partial charge in [0, 0.05) is 0 Å². The minimum atomic E-state index is -2.01. The van der Waals surface area contributed by atoms with Gasteiger partial charge in [0.25, 0.3) is 0 Å². The zero-order chi connectivity index (χ0) is 4.99. The summed E-state index contributed by atoms with van der Waals surface area (Å²) >= 11 is 0. The van der Waals surface area contributed by atoms with Crippen molar-refractivity contribution in [3.63, 3.8) is 0 Å². The number of aliphatic imine (C=N–C) groups is 1. The van der Waals surface area contributed by atoms with E-state index in [0.717, 1.165) is 6.08 Å². The van der Waals surface area contributed by atoms with Crippen LogP contribution in [0.25, 0.3) is 0 Å². The Labute approximate surface area is 32.5 Å². The summed E-state index contributed by atoms with van der Waals surface area (Å²) in [5.74, 6) is 0. The number of isocyanates is 1. The van der Waals surface area contributed by atoms with Crippen LogP contribution in [0, 0.1) is 0 Å². The number of hydrogen-bond acceptors (Lipinski definition) is 2. The zero-order valence-corrected chi connectivity index (χ0v) is 2.64. The van der Waals surface area contributed by atoms with E-state index < -0.39 is 6.16 Å². The lowest BCUT2D eigenvalue weighted by molar-refractivity contribution is 0.231. The maximum Gasteiger partial charge on any atom is 0.434 e. The topological polar surface area (TPSA) is 46.5 Å². The number of carbonyl (C=O) groups excluding carboxylic acids is 2. The summed E-state index contributed by atoms with van der Waals surface area (Å²) in [6, 6.07) is 0. The number of amides is 1. The molecule has 0 aliphatic rings. The van der Waals surface area contributed by atoms with Gasteiger partial charge in [-0.1, -0.05) is 4.99 Å². The predicted molar refractivity (Wildman–Crippen MR) is 14.6 cm³/mol. The Morgan fingerprint density at radius 2 is 2.33 bits per heavy atom. The van der Waals surface area contributed by atoms with Gasteiger partial charge in [-0.15, -0.1) is 4.39 Å². The quantitative estimate of drug-likeness (QED) is 0.187. The number of carbonyl (C=O) groups is 1. The van der Waals surface area contributed by atoms with Crippen LogP contribution in [0.15, 0.2) is 4.99 Å². The smallest absolute Gasteiger partial charge is 0.231 e. The first-order valence-corrected chi connectivity index (χ1v) is 1.04.